The maximum atomic E-state index is 5.99. The average Bonchev–Trinajstić information content (AvgIpc) is 2.77. The second-order valence-corrected chi connectivity index (χ2v) is 5.41. The molecule has 92 valence electrons. The SMILES string of the molecule is CCC1CCN(c2ccc(Cl)cc2C(N)=S)C1. The van der Waals surface area contributed by atoms with Crippen LogP contribution in [0.1, 0.15) is 25.3 Å². The van der Waals surface area contributed by atoms with Crippen LogP contribution in [0.5, 0.6) is 0 Å². The third-order valence-electron chi connectivity index (χ3n) is 3.43. The second-order valence-electron chi connectivity index (χ2n) is 4.53. The first-order chi connectivity index (χ1) is 8.11. The molecule has 1 aromatic carbocycles. The summed E-state index contributed by atoms with van der Waals surface area (Å²) in [7, 11) is 0. The van der Waals surface area contributed by atoms with E-state index in [1.807, 2.05) is 18.2 Å². The molecule has 1 fully saturated rings. The third-order valence-corrected chi connectivity index (χ3v) is 3.88. The Morgan fingerprint density at radius 1 is 1.59 bits per heavy atom. The number of benzene rings is 1. The molecule has 0 spiro atoms. The predicted octanol–water partition coefficient (Wildman–Crippen LogP) is 3.21. The van der Waals surface area contributed by atoms with Crippen LogP contribution in [0.25, 0.3) is 0 Å². The zero-order valence-electron chi connectivity index (χ0n) is 9.95. The van der Waals surface area contributed by atoms with Crippen LogP contribution >= 0.6 is 23.8 Å². The molecule has 2 nitrogen and oxygen atoms in total. The van der Waals surface area contributed by atoms with Crippen LogP contribution in [0.4, 0.5) is 5.69 Å². The Morgan fingerprint density at radius 2 is 2.35 bits per heavy atom. The number of nitrogens with two attached hydrogens (primary N) is 1. The number of thiocarbonyl (C=S) groups is 1. The van der Waals surface area contributed by atoms with Gasteiger partial charge in [-0.3, -0.25) is 0 Å². The zero-order valence-corrected chi connectivity index (χ0v) is 11.5. The normalized spacial score (nSPS) is 19.6. The lowest BCUT2D eigenvalue weighted by atomic mass is 10.1. The predicted molar refractivity (Wildman–Crippen MR) is 78.0 cm³/mol. The first-order valence-corrected chi connectivity index (χ1v) is 6.74. The molecule has 1 aliphatic rings. The third kappa shape index (κ3) is 2.72. The fraction of sp³-hybridized carbons (Fsp3) is 0.462. The fourth-order valence-corrected chi connectivity index (χ4v) is 2.70. The summed E-state index contributed by atoms with van der Waals surface area (Å²) < 4.78 is 0. The maximum absolute atomic E-state index is 5.99. The van der Waals surface area contributed by atoms with E-state index >= 15 is 0 Å². The minimum Gasteiger partial charge on any atom is -0.389 e. The number of anilines is 1. The van der Waals surface area contributed by atoms with E-state index in [1.165, 1.54) is 12.8 Å². The molecule has 0 amide bonds. The highest BCUT2D eigenvalue weighted by Gasteiger charge is 2.23. The van der Waals surface area contributed by atoms with Crippen molar-refractivity contribution in [3.8, 4) is 0 Å². The summed E-state index contributed by atoms with van der Waals surface area (Å²) in [5.41, 5.74) is 7.78. The van der Waals surface area contributed by atoms with Crippen molar-refractivity contribution >= 4 is 34.5 Å². The summed E-state index contributed by atoms with van der Waals surface area (Å²) in [4.78, 5) is 2.78. The number of hydrogen-bond donors (Lipinski definition) is 1. The number of rotatable bonds is 3. The number of halogens is 1. The van der Waals surface area contributed by atoms with Crippen molar-refractivity contribution in [1.29, 1.82) is 0 Å². The van der Waals surface area contributed by atoms with Crippen LogP contribution in [0.3, 0.4) is 0 Å². The van der Waals surface area contributed by atoms with Gasteiger partial charge in [-0.1, -0.05) is 37.2 Å². The van der Waals surface area contributed by atoms with Gasteiger partial charge in [0.25, 0.3) is 0 Å². The second kappa shape index (κ2) is 5.23. The van der Waals surface area contributed by atoms with Gasteiger partial charge >= 0.3 is 0 Å². The van der Waals surface area contributed by atoms with E-state index < -0.39 is 0 Å². The Kier molecular flexibility index (Phi) is 3.89. The minimum atomic E-state index is 0.419. The van der Waals surface area contributed by atoms with Gasteiger partial charge in [0.15, 0.2) is 0 Å². The van der Waals surface area contributed by atoms with E-state index in [0.717, 1.165) is 30.3 Å². The molecule has 1 unspecified atom stereocenters. The minimum absolute atomic E-state index is 0.419. The summed E-state index contributed by atoms with van der Waals surface area (Å²) in [6.07, 6.45) is 2.47. The first kappa shape index (κ1) is 12.7. The zero-order chi connectivity index (χ0) is 12.4. The van der Waals surface area contributed by atoms with Crippen molar-refractivity contribution in [3.05, 3.63) is 28.8 Å². The largest absolute Gasteiger partial charge is 0.389 e. The van der Waals surface area contributed by atoms with E-state index in [0.29, 0.717) is 10.0 Å². The summed E-state index contributed by atoms with van der Waals surface area (Å²) >= 11 is 11.1. The first-order valence-electron chi connectivity index (χ1n) is 5.96. The summed E-state index contributed by atoms with van der Waals surface area (Å²) in [5.74, 6) is 0.782. The molecule has 4 heteroatoms. The molecule has 1 saturated heterocycles. The lowest BCUT2D eigenvalue weighted by molar-refractivity contribution is 0.569. The maximum Gasteiger partial charge on any atom is 0.106 e. The van der Waals surface area contributed by atoms with E-state index in [1.54, 1.807) is 0 Å². The van der Waals surface area contributed by atoms with Gasteiger partial charge in [0, 0.05) is 29.4 Å². The van der Waals surface area contributed by atoms with E-state index in [9.17, 15) is 0 Å². The molecule has 2 rings (SSSR count). The summed E-state index contributed by atoms with van der Waals surface area (Å²) in [5, 5.41) is 0.683. The molecule has 17 heavy (non-hydrogen) atoms. The van der Waals surface area contributed by atoms with Crippen LogP contribution in [0.15, 0.2) is 18.2 Å². The van der Waals surface area contributed by atoms with Gasteiger partial charge in [-0.15, -0.1) is 0 Å². The van der Waals surface area contributed by atoms with Crippen LogP contribution in [0.2, 0.25) is 5.02 Å². The number of hydrogen-bond acceptors (Lipinski definition) is 2. The van der Waals surface area contributed by atoms with Gasteiger partial charge in [-0.25, -0.2) is 0 Å². The molecule has 0 saturated carbocycles. The van der Waals surface area contributed by atoms with Gasteiger partial charge in [0.1, 0.15) is 4.99 Å². The highest BCUT2D eigenvalue weighted by molar-refractivity contribution is 7.80. The van der Waals surface area contributed by atoms with Crippen LogP contribution in [-0.2, 0) is 0 Å². The molecule has 1 atom stereocenters. The molecular weight excluding hydrogens is 252 g/mol. The van der Waals surface area contributed by atoms with Crippen molar-refractivity contribution in [3.63, 3.8) is 0 Å². The monoisotopic (exact) mass is 268 g/mol. The van der Waals surface area contributed by atoms with E-state index in [-0.39, 0.29) is 0 Å². The Bertz CT molecular complexity index is 433. The van der Waals surface area contributed by atoms with Gasteiger partial charge in [-0.2, -0.15) is 0 Å². The quantitative estimate of drug-likeness (QED) is 0.854. The molecule has 0 bridgehead atoms. The molecular formula is C13H17ClN2S. The van der Waals surface area contributed by atoms with Gasteiger partial charge in [0.2, 0.25) is 0 Å². The number of nitrogens with zero attached hydrogens (tertiary/aromatic N) is 1. The van der Waals surface area contributed by atoms with Crippen molar-refractivity contribution in [1.82, 2.24) is 0 Å². The van der Waals surface area contributed by atoms with Crippen molar-refractivity contribution in [2.75, 3.05) is 18.0 Å². The molecule has 1 heterocycles. The summed E-state index contributed by atoms with van der Waals surface area (Å²) in [6, 6.07) is 5.78. The van der Waals surface area contributed by atoms with Gasteiger partial charge < -0.3 is 10.6 Å². The molecule has 0 aliphatic carbocycles. The van der Waals surface area contributed by atoms with Crippen LogP contribution in [-0.4, -0.2) is 18.1 Å². The van der Waals surface area contributed by atoms with Crippen LogP contribution in [0, 0.1) is 5.92 Å². The smallest absolute Gasteiger partial charge is 0.106 e. The van der Waals surface area contributed by atoms with Crippen molar-refractivity contribution in [2.45, 2.75) is 19.8 Å². The van der Waals surface area contributed by atoms with Gasteiger partial charge in [0.05, 0.1) is 0 Å². The lowest BCUT2D eigenvalue weighted by Crippen LogP contribution is -2.23. The molecule has 0 radical (unpaired) electrons. The van der Waals surface area contributed by atoms with Crippen molar-refractivity contribution < 1.29 is 0 Å². The van der Waals surface area contributed by atoms with Crippen LogP contribution < -0.4 is 10.6 Å². The highest BCUT2D eigenvalue weighted by atomic mass is 35.5. The van der Waals surface area contributed by atoms with E-state index in [2.05, 4.69) is 11.8 Å². The Morgan fingerprint density at radius 3 is 2.94 bits per heavy atom. The molecule has 1 aromatic rings. The Balaban J connectivity index is 2.29. The summed E-state index contributed by atoms with van der Waals surface area (Å²) in [6.45, 7) is 4.41. The topological polar surface area (TPSA) is 29.3 Å². The lowest BCUT2D eigenvalue weighted by Gasteiger charge is -2.21. The molecule has 0 aromatic heterocycles. The van der Waals surface area contributed by atoms with Gasteiger partial charge in [-0.05, 0) is 30.5 Å². The Hall–Kier alpha value is -0.800. The Labute approximate surface area is 113 Å². The highest BCUT2D eigenvalue weighted by Crippen LogP contribution is 2.30. The van der Waals surface area contributed by atoms with E-state index in [4.69, 9.17) is 29.6 Å². The standard InChI is InChI=1S/C13H17ClN2S/c1-2-9-5-6-16(8-9)12-4-3-10(14)7-11(12)13(15)17/h3-4,7,9H,2,5-6,8H2,1H3,(H2,15,17). The molecule has 1 aliphatic heterocycles. The average molecular weight is 269 g/mol. The molecule has 2 N–H and O–H groups in total. The van der Waals surface area contributed by atoms with Crippen molar-refractivity contribution in [2.24, 2.45) is 11.7 Å². The fourth-order valence-electron chi connectivity index (χ4n) is 2.37.